The predicted molar refractivity (Wildman–Crippen MR) is 97.9 cm³/mol. The molecule has 130 valence electrons. The molecule has 1 N–H and O–H groups in total. The summed E-state index contributed by atoms with van der Waals surface area (Å²) in [5.41, 5.74) is 0.573. The molecule has 1 aliphatic rings. The van der Waals surface area contributed by atoms with Crippen molar-refractivity contribution in [2.75, 3.05) is 11.9 Å². The van der Waals surface area contributed by atoms with Crippen molar-refractivity contribution < 1.29 is 19.0 Å². The number of hydrogen-bond donors (Lipinski definition) is 1. The van der Waals surface area contributed by atoms with Gasteiger partial charge in [0.05, 0.1) is 5.69 Å². The Labute approximate surface area is 151 Å². The van der Waals surface area contributed by atoms with Crippen LogP contribution in [0, 0.1) is 0 Å². The first-order valence-corrected chi connectivity index (χ1v) is 8.31. The summed E-state index contributed by atoms with van der Waals surface area (Å²) < 4.78 is 17.2. The molecule has 5 heteroatoms. The quantitative estimate of drug-likeness (QED) is 0.766. The van der Waals surface area contributed by atoms with E-state index in [1.54, 1.807) is 18.2 Å². The second-order valence-electron chi connectivity index (χ2n) is 5.76. The van der Waals surface area contributed by atoms with Gasteiger partial charge in [-0.3, -0.25) is 4.79 Å². The average Bonchev–Trinajstić information content (AvgIpc) is 2.70. The van der Waals surface area contributed by atoms with Crippen LogP contribution in [-0.2, 0) is 4.79 Å². The number of para-hydroxylation sites is 5. The van der Waals surface area contributed by atoms with Crippen LogP contribution in [0.3, 0.4) is 0 Å². The molecule has 0 bridgehead atoms. The first-order chi connectivity index (χ1) is 12.8. The van der Waals surface area contributed by atoms with Gasteiger partial charge in [0.15, 0.2) is 17.2 Å². The molecule has 3 aromatic rings. The summed E-state index contributed by atoms with van der Waals surface area (Å²) in [6.45, 7) is 0.157. The smallest absolute Gasteiger partial charge is 0.269 e. The number of amides is 1. The first kappa shape index (κ1) is 16.0. The van der Waals surface area contributed by atoms with E-state index in [0.29, 0.717) is 28.7 Å². The van der Waals surface area contributed by atoms with Gasteiger partial charge in [-0.1, -0.05) is 42.5 Å². The fraction of sp³-hybridized carbons (Fsp3) is 0.0952. The molecule has 1 atom stereocenters. The van der Waals surface area contributed by atoms with Gasteiger partial charge in [0, 0.05) is 0 Å². The van der Waals surface area contributed by atoms with Crippen LogP contribution in [0.1, 0.15) is 0 Å². The van der Waals surface area contributed by atoms with Crippen LogP contribution in [0.25, 0.3) is 0 Å². The lowest BCUT2D eigenvalue weighted by molar-refractivity contribution is -0.125. The van der Waals surface area contributed by atoms with Gasteiger partial charge in [-0.2, -0.15) is 0 Å². The zero-order valence-corrected chi connectivity index (χ0v) is 13.9. The number of carbonyl (C=O) groups excluding carboxylic acids is 1. The van der Waals surface area contributed by atoms with E-state index in [9.17, 15) is 4.79 Å². The standard InChI is InChI=1S/C21H17NO4/c23-21(20-14-24-18-12-6-7-13-19(18)26-20)22-16-10-4-5-11-17(16)25-15-8-2-1-3-9-15/h1-13,20H,14H2,(H,22,23). The number of rotatable bonds is 4. The summed E-state index contributed by atoms with van der Waals surface area (Å²) in [4.78, 5) is 12.6. The fourth-order valence-corrected chi connectivity index (χ4v) is 2.64. The highest BCUT2D eigenvalue weighted by molar-refractivity contribution is 5.96. The van der Waals surface area contributed by atoms with Crippen molar-refractivity contribution in [2.45, 2.75) is 6.10 Å². The minimum absolute atomic E-state index is 0.157. The third-order valence-electron chi connectivity index (χ3n) is 3.92. The molecular weight excluding hydrogens is 330 g/mol. The summed E-state index contributed by atoms with van der Waals surface area (Å²) in [5, 5.41) is 2.86. The maximum absolute atomic E-state index is 12.6. The molecule has 0 aromatic heterocycles. The number of ether oxygens (including phenoxy) is 3. The number of benzene rings is 3. The van der Waals surface area contributed by atoms with Gasteiger partial charge in [-0.25, -0.2) is 0 Å². The Bertz CT molecular complexity index is 911. The minimum Gasteiger partial charge on any atom is -0.485 e. The second kappa shape index (κ2) is 7.19. The molecular formula is C21H17NO4. The lowest BCUT2D eigenvalue weighted by Crippen LogP contribution is -2.40. The molecule has 1 amide bonds. The molecule has 26 heavy (non-hydrogen) atoms. The molecule has 1 unspecified atom stereocenters. The summed E-state index contributed by atoms with van der Waals surface area (Å²) in [5.74, 6) is 2.17. The molecule has 3 aromatic carbocycles. The lowest BCUT2D eigenvalue weighted by Gasteiger charge is -2.25. The Morgan fingerprint density at radius 1 is 0.885 bits per heavy atom. The average molecular weight is 347 g/mol. The van der Waals surface area contributed by atoms with Crippen molar-refractivity contribution in [2.24, 2.45) is 0 Å². The molecule has 1 heterocycles. The van der Waals surface area contributed by atoms with Crippen molar-refractivity contribution in [3.05, 3.63) is 78.9 Å². The van der Waals surface area contributed by atoms with Crippen LogP contribution in [0.5, 0.6) is 23.0 Å². The van der Waals surface area contributed by atoms with Crippen LogP contribution in [-0.4, -0.2) is 18.6 Å². The van der Waals surface area contributed by atoms with Crippen LogP contribution in [0.4, 0.5) is 5.69 Å². The summed E-state index contributed by atoms with van der Waals surface area (Å²) in [6, 6.07) is 24.0. The fourth-order valence-electron chi connectivity index (χ4n) is 2.64. The Morgan fingerprint density at radius 2 is 1.58 bits per heavy atom. The van der Waals surface area contributed by atoms with Gasteiger partial charge in [-0.15, -0.1) is 0 Å². The third-order valence-corrected chi connectivity index (χ3v) is 3.92. The van der Waals surface area contributed by atoms with E-state index in [-0.39, 0.29) is 12.5 Å². The van der Waals surface area contributed by atoms with Crippen molar-refractivity contribution in [3.8, 4) is 23.0 Å². The molecule has 0 fully saturated rings. The monoisotopic (exact) mass is 347 g/mol. The van der Waals surface area contributed by atoms with E-state index >= 15 is 0 Å². The maximum Gasteiger partial charge on any atom is 0.269 e. The van der Waals surface area contributed by atoms with Gasteiger partial charge < -0.3 is 19.5 Å². The van der Waals surface area contributed by atoms with Gasteiger partial charge in [0.1, 0.15) is 12.4 Å². The Kier molecular flexibility index (Phi) is 4.43. The van der Waals surface area contributed by atoms with E-state index in [1.807, 2.05) is 60.7 Å². The van der Waals surface area contributed by atoms with Crippen LogP contribution >= 0.6 is 0 Å². The molecule has 4 rings (SSSR count). The zero-order chi connectivity index (χ0) is 17.8. The second-order valence-corrected chi connectivity index (χ2v) is 5.76. The molecule has 0 saturated heterocycles. The largest absolute Gasteiger partial charge is 0.485 e. The Hall–Kier alpha value is -3.47. The number of anilines is 1. The number of fused-ring (bicyclic) bond motifs is 1. The molecule has 5 nitrogen and oxygen atoms in total. The highest BCUT2D eigenvalue weighted by Crippen LogP contribution is 2.32. The third kappa shape index (κ3) is 3.47. The Balaban J connectivity index is 1.48. The molecule has 0 aliphatic carbocycles. The molecule has 0 saturated carbocycles. The summed E-state index contributed by atoms with van der Waals surface area (Å²) in [7, 11) is 0. The predicted octanol–water partition coefficient (Wildman–Crippen LogP) is 4.26. The summed E-state index contributed by atoms with van der Waals surface area (Å²) >= 11 is 0. The van der Waals surface area contributed by atoms with Crippen molar-refractivity contribution in [3.63, 3.8) is 0 Å². The van der Waals surface area contributed by atoms with Gasteiger partial charge in [0.25, 0.3) is 5.91 Å². The first-order valence-electron chi connectivity index (χ1n) is 8.31. The van der Waals surface area contributed by atoms with Crippen LogP contribution in [0.2, 0.25) is 0 Å². The summed E-state index contributed by atoms with van der Waals surface area (Å²) in [6.07, 6.45) is -0.727. The Morgan fingerprint density at radius 3 is 2.42 bits per heavy atom. The topological polar surface area (TPSA) is 56.8 Å². The van der Waals surface area contributed by atoms with Crippen LogP contribution < -0.4 is 19.5 Å². The van der Waals surface area contributed by atoms with Crippen molar-refractivity contribution in [1.29, 1.82) is 0 Å². The maximum atomic E-state index is 12.6. The van der Waals surface area contributed by atoms with Crippen molar-refractivity contribution >= 4 is 11.6 Å². The number of hydrogen-bond acceptors (Lipinski definition) is 4. The highest BCUT2D eigenvalue weighted by Gasteiger charge is 2.27. The normalized spacial score (nSPS) is 15.2. The van der Waals surface area contributed by atoms with E-state index < -0.39 is 6.10 Å². The number of carbonyl (C=O) groups is 1. The van der Waals surface area contributed by atoms with E-state index in [2.05, 4.69) is 5.32 Å². The van der Waals surface area contributed by atoms with Gasteiger partial charge >= 0.3 is 0 Å². The zero-order valence-electron chi connectivity index (χ0n) is 13.9. The molecule has 1 aliphatic heterocycles. The number of nitrogens with one attached hydrogen (secondary N) is 1. The minimum atomic E-state index is -0.727. The lowest BCUT2D eigenvalue weighted by atomic mass is 10.2. The highest BCUT2D eigenvalue weighted by atomic mass is 16.6. The van der Waals surface area contributed by atoms with Crippen molar-refractivity contribution in [1.82, 2.24) is 0 Å². The molecule has 0 radical (unpaired) electrons. The molecule has 0 spiro atoms. The van der Waals surface area contributed by atoms with Crippen LogP contribution in [0.15, 0.2) is 78.9 Å². The van der Waals surface area contributed by atoms with E-state index in [0.717, 1.165) is 0 Å². The van der Waals surface area contributed by atoms with Gasteiger partial charge in [-0.05, 0) is 36.4 Å². The van der Waals surface area contributed by atoms with E-state index in [4.69, 9.17) is 14.2 Å². The van der Waals surface area contributed by atoms with E-state index in [1.165, 1.54) is 0 Å². The SMILES string of the molecule is O=C(Nc1ccccc1Oc1ccccc1)C1COc2ccccc2O1. The van der Waals surface area contributed by atoms with Gasteiger partial charge in [0.2, 0.25) is 6.10 Å².